The third-order valence-corrected chi connectivity index (χ3v) is 3.19. The molecule has 1 aromatic rings. The molecule has 104 valence electrons. The number of nitrogens with zero attached hydrogens (tertiary/aromatic N) is 1. The zero-order valence-electron chi connectivity index (χ0n) is 10.7. The van der Waals surface area contributed by atoms with E-state index in [1.165, 1.54) is 12.1 Å². The summed E-state index contributed by atoms with van der Waals surface area (Å²) in [6.45, 7) is 1.91. The Morgan fingerprint density at radius 2 is 2.05 bits per heavy atom. The van der Waals surface area contributed by atoms with Crippen LogP contribution in [-0.2, 0) is 4.79 Å². The molecule has 0 spiro atoms. The summed E-state index contributed by atoms with van der Waals surface area (Å²) in [5.41, 5.74) is 0. The summed E-state index contributed by atoms with van der Waals surface area (Å²) >= 11 is 0. The van der Waals surface area contributed by atoms with E-state index in [2.05, 4.69) is 0 Å². The van der Waals surface area contributed by atoms with Crippen LogP contribution in [0, 0.1) is 11.7 Å². The summed E-state index contributed by atoms with van der Waals surface area (Å²) in [6, 6.07) is 5.82. The average molecular weight is 267 g/mol. The first-order valence-electron chi connectivity index (χ1n) is 6.46. The Morgan fingerprint density at radius 3 is 2.68 bits per heavy atom. The van der Waals surface area contributed by atoms with Crippen molar-refractivity contribution in [1.82, 2.24) is 4.90 Å². The van der Waals surface area contributed by atoms with E-state index in [-0.39, 0.29) is 24.2 Å². The van der Waals surface area contributed by atoms with Gasteiger partial charge >= 0.3 is 0 Å². The van der Waals surface area contributed by atoms with Crippen LogP contribution in [-0.4, -0.2) is 42.2 Å². The zero-order chi connectivity index (χ0) is 13.7. The van der Waals surface area contributed by atoms with Gasteiger partial charge in [0.1, 0.15) is 11.6 Å². The number of aliphatic hydroxyl groups is 1. The first-order valence-corrected chi connectivity index (χ1v) is 6.46. The van der Waals surface area contributed by atoms with Crippen LogP contribution in [0.3, 0.4) is 0 Å². The molecule has 0 saturated carbocycles. The van der Waals surface area contributed by atoms with E-state index in [1.54, 1.807) is 17.0 Å². The highest BCUT2D eigenvalue weighted by molar-refractivity contribution is 5.76. The molecule has 1 N–H and O–H groups in total. The molecule has 1 heterocycles. The van der Waals surface area contributed by atoms with Gasteiger partial charge in [0.25, 0.3) is 0 Å². The van der Waals surface area contributed by atoms with Gasteiger partial charge in [-0.1, -0.05) is 0 Å². The number of rotatable bonds is 6. The lowest BCUT2D eigenvalue weighted by atomic mass is 10.0. The number of carbonyl (C=O) groups is 1. The van der Waals surface area contributed by atoms with Crippen molar-refractivity contribution < 1.29 is 19.0 Å². The normalized spacial score (nSPS) is 15.2. The predicted octanol–water partition coefficient (Wildman–Crippen LogP) is 1.44. The fourth-order valence-corrected chi connectivity index (χ4v) is 1.99. The second kappa shape index (κ2) is 6.52. The van der Waals surface area contributed by atoms with E-state index in [9.17, 15) is 9.18 Å². The molecule has 1 saturated heterocycles. The fraction of sp³-hybridized carbons (Fsp3) is 0.500. The van der Waals surface area contributed by atoms with Crippen molar-refractivity contribution in [2.24, 2.45) is 5.92 Å². The van der Waals surface area contributed by atoms with Gasteiger partial charge in [-0.05, 0) is 30.7 Å². The molecule has 0 bridgehead atoms. The summed E-state index contributed by atoms with van der Waals surface area (Å²) in [7, 11) is 0. The molecular weight excluding hydrogens is 249 g/mol. The molecule has 0 aliphatic carbocycles. The first kappa shape index (κ1) is 13.8. The second-order valence-corrected chi connectivity index (χ2v) is 4.75. The monoisotopic (exact) mass is 267 g/mol. The summed E-state index contributed by atoms with van der Waals surface area (Å²) in [6.07, 6.45) is 1.08. The molecule has 0 atom stereocenters. The smallest absolute Gasteiger partial charge is 0.222 e. The van der Waals surface area contributed by atoms with Crippen molar-refractivity contribution >= 4 is 5.91 Å². The van der Waals surface area contributed by atoms with Gasteiger partial charge in [0.15, 0.2) is 0 Å². The van der Waals surface area contributed by atoms with E-state index in [4.69, 9.17) is 9.84 Å². The molecule has 19 heavy (non-hydrogen) atoms. The summed E-state index contributed by atoms with van der Waals surface area (Å²) in [5.74, 6) is 0.670. The van der Waals surface area contributed by atoms with E-state index in [0.29, 0.717) is 38.3 Å². The molecule has 0 radical (unpaired) electrons. The Labute approximate surface area is 111 Å². The van der Waals surface area contributed by atoms with Gasteiger partial charge in [0, 0.05) is 32.0 Å². The van der Waals surface area contributed by atoms with Crippen LogP contribution in [0.2, 0.25) is 0 Å². The highest BCUT2D eigenvalue weighted by Gasteiger charge is 2.29. The van der Waals surface area contributed by atoms with Gasteiger partial charge in [-0.3, -0.25) is 4.79 Å². The minimum absolute atomic E-state index is 0.104. The number of halogens is 1. The number of ether oxygens (including phenoxy) is 1. The lowest BCUT2D eigenvalue weighted by Gasteiger charge is -2.38. The average Bonchev–Trinajstić information content (AvgIpc) is 2.35. The van der Waals surface area contributed by atoms with Crippen LogP contribution in [0.25, 0.3) is 0 Å². The van der Waals surface area contributed by atoms with Crippen molar-refractivity contribution in [3.63, 3.8) is 0 Å². The van der Waals surface area contributed by atoms with Crippen LogP contribution in [0.5, 0.6) is 5.75 Å². The van der Waals surface area contributed by atoms with Gasteiger partial charge in [0.05, 0.1) is 6.61 Å². The fourth-order valence-electron chi connectivity index (χ4n) is 1.99. The SMILES string of the molecule is O=C(CCCOc1ccc(F)cc1)N1CC(CO)C1. The third-order valence-electron chi connectivity index (χ3n) is 3.19. The van der Waals surface area contributed by atoms with Crippen molar-refractivity contribution in [3.8, 4) is 5.75 Å². The van der Waals surface area contributed by atoms with Gasteiger partial charge < -0.3 is 14.7 Å². The molecule has 1 aliphatic heterocycles. The maximum atomic E-state index is 12.7. The molecule has 1 amide bonds. The Kier molecular flexibility index (Phi) is 4.74. The van der Waals surface area contributed by atoms with Crippen LogP contribution in [0.4, 0.5) is 4.39 Å². The highest BCUT2D eigenvalue weighted by Crippen LogP contribution is 2.16. The number of likely N-dealkylation sites (tertiary alicyclic amines) is 1. The molecule has 0 unspecified atom stereocenters. The molecule has 1 aromatic carbocycles. The summed E-state index contributed by atoms with van der Waals surface area (Å²) in [4.78, 5) is 13.4. The minimum Gasteiger partial charge on any atom is -0.494 e. The van der Waals surface area contributed by atoms with Crippen molar-refractivity contribution in [2.45, 2.75) is 12.8 Å². The molecular formula is C14H18FNO3. The summed E-state index contributed by atoms with van der Waals surface area (Å²) in [5, 5.41) is 8.86. The number of aliphatic hydroxyl groups excluding tert-OH is 1. The largest absolute Gasteiger partial charge is 0.494 e. The van der Waals surface area contributed by atoms with Crippen molar-refractivity contribution in [2.75, 3.05) is 26.3 Å². The molecule has 1 aliphatic rings. The number of hydrogen-bond acceptors (Lipinski definition) is 3. The Hall–Kier alpha value is -1.62. The maximum Gasteiger partial charge on any atom is 0.222 e. The van der Waals surface area contributed by atoms with Gasteiger partial charge in [-0.15, -0.1) is 0 Å². The van der Waals surface area contributed by atoms with Crippen LogP contribution in [0.1, 0.15) is 12.8 Å². The molecule has 4 nitrogen and oxygen atoms in total. The Balaban J connectivity index is 1.59. The summed E-state index contributed by atoms with van der Waals surface area (Å²) < 4.78 is 18.1. The Bertz CT molecular complexity index is 415. The van der Waals surface area contributed by atoms with E-state index < -0.39 is 0 Å². The minimum atomic E-state index is -0.293. The second-order valence-electron chi connectivity index (χ2n) is 4.75. The standard InChI is InChI=1S/C14H18FNO3/c15-12-3-5-13(6-4-12)19-7-1-2-14(18)16-8-11(9-16)10-17/h3-6,11,17H,1-2,7-10H2. The quantitative estimate of drug-likeness (QED) is 0.793. The lowest BCUT2D eigenvalue weighted by Crippen LogP contribution is -2.51. The number of amides is 1. The van der Waals surface area contributed by atoms with Gasteiger partial charge in [0.2, 0.25) is 5.91 Å². The molecule has 1 fully saturated rings. The highest BCUT2D eigenvalue weighted by atomic mass is 19.1. The van der Waals surface area contributed by atoms with Crippen LogP contribution >= 0.6 is 0 Å². The van der Waals surface area contributed by atoms with E-state index in [0.717, 1.165) is 0 Å². The van der Waals surface area contributed by atoms with E-state index >= 15 is 0 Å². The first-order chi connectivity index (χ1) is 9.19. The molecule has 2 rings (SSSR count). The number of benzene rings is 1. The van der Waals surface area contributed by atoms with Gasteiger partial charge in [-0.25, -0.2) is 4.39 Å². The Morgan fingerprint density at radius 1 is 1.37 bits per heavy atom. The van der Waals surface area contributed by atoms with Crippen molar-refractivity contribution in [1.29, 1.82) is 0 Å². The topological polar surface area (TPSA) is 49.8 Å². The maximum absolute atomic E-state index is 12.7. The zero-order valence-corrected chi connectivity index (χ0v) is 10.7. The molecule has 5 heteroatoms. The van der Waals surface area contributed by atoms with Gasteiger partial charge in [-0.2, -0.15) is 0 Å². The van der Waals surface area contributed by atoms with Crippen LogP contribution in [0.15, 0.2) is 24.3 Å². The van der Waals surface area contributed by atoms with E-state index in [1.807, 2.05) is 0 Å². The van der Waals surface area contributed by atoms with Crippen molar-refractivity contribution in [3.05, 3.63) is 30.1 Å². The third kappa shape index (κ3) is 3.92. The lowest BCUT2D eigenvalue weighted by molar-refractivity contribution is -0.138. The molecule has 0 aromatic heterocycles. The van der Waals surface area contributed by atoms with Crippen LogP contribution < -0.4 is 4.74 Å². The predicted molar refractivity (Wildman–Crippen MR) is 68.3 cm³/mol. The number of hydrogen-bond donors (Lipinski definition) is 1. The number of carbonyl (C=O) groups excluding carboxylic acids is 1.